The standard InChI is InChI=1S/C22H34N2O3S2/c1-4-24(16-20(25)23-22-17(2)8-7-9-18(22)3)13-14-27-21(26)11-6-5-10-19-12-15-28-29-19/h8,10H,4-7,9,11-16H2,1-3H3,(H,23,25)/b19-10-. The number of hydrogen-bond donors (Lipinski definition) is 1. The summed E-state index contributed by atoms with van der Waals surface area (Å²) in [6, 6.07) is 0. The van der Waals surface area contributed by atoms with Crippen LogP contribution in [0.15, 0.2) is 33.9 Å². The Bertz CT molecular complexity index is 663. The highest BCUT2D eigenvalue weighted by Crippen LogP contribution is 2.40. The molecule has 0 aromatic rings. The number of esters is 1. The molecule has 1 aliphatic heterocycles. The van der Waals surface area contributed by atoms with Crippen LogP contribution in [0, 0.1) is 0 Å². The smallest absolute Gasteiger partial charge is 0.305 e. The predicted molar refractivity (Wildman–Crippen MR) is 124 cm³/mol. The molecule has 162 valence electrons. The molecule has 0 aromatic heterocycles. The van der Waals surface area contributed by atoms with Gasteiger partial charge < -0.3 is 10.1 Å². The fourth-order valence-corrected chi connectivity index (χ4v) is 5.76. The second-order valence-corrected chi connectivity index (χ2v) is 9.98. The van der Waals surface area contributed by atoms with Crippen molar-refractivity contribution in [1.82, 2.24) is 10.2 Å². The van der Waals surface area contributed by atoms with Gasteiger partial charge >= 0.3 is 5.97 Å². The Balaban J connectivity index is 1.62. The fraction of sp³-hybridized carbons (Fsp3) is 0.636. The van der Waals surface area contributed by atoms with Crippen LogP contribution in [-0.2, 0) is 14.3 Å². The molecule has 1 N–H and O–H groups in total. The van der Waals surface area contributed by atoms with Crippen LogP contribution in [0.3, 0.4) is 0 Å². The summed E-state index contributed by atoms with van der Waals surface area (Å²) in [5, 5.41) is 3.05. The summed E-state index contributed by atoms with van der Waals surface area (Å²) in [5.41, 5.74) is 3.34. The first-order chi connectivity index (χ1) is 14.0. The monoisotopic (exact) mass is 438 g/mol. The lowest BCUT2D eigenvalue weighted by Gasteiger charge is -2.22. The molecule has 2 aliphatic rings. The van der Waals surface area contributed by atoms with E-state index in [9.17, 15) is 9.59 Å². The van der Waals surface area contributed by atoms with Gasteiger partial charge in [0.2, 0.25) is 5.91 Å². The van der Waals surface area contributed by atoms with Crippen LogP contribution >= 0.6 is 21.6 Å². The zero-order valence-corrected chi connectivity index (χ0v) is 19.6. The summed E-state index contributed by atoms with van der Waals surface area (Å²) in [5.74, 6) is 1.03. The summed E-state index contributed by atoms with van der Waals surface area (Å²) < 4.78 is 5.35. The Hall–Kier alpha value is -1.18. The molecule has 1 fully saturated rings. The molecule has 0 radical (unpaired) electrons. The van der Waals surface area contributed by atoms with Crippen molar-refractivity contribution in [3.05, 3.63) is 33.9 Å². The molecule has 1 amide bonds. The molecule has 29 heavy (non-hydrogen) atoms. The molecular formula is C22H34N2O3S2. The number of amides is 1. The Labute approximate surface area is 183 Å². The molecule has 1 heterocycles. The maximum Gasteiger partial charge on any atom is 0.305 e. The fourth-order valence-electron chi connectivity index (χ4n) is 3.31. The highest BCUT2D eigenvalue weighted by atomic mass is 33.1. The lowest BCUT2D eigenvalue weighted by atomic mass is 9.98. The highest BCUT2D eigenvalue weighted by molar-refractivity contribution is 8.78. The van der Waals surface area contributed by atoms with Gasteiger partial charge in [-0.25, -0.2) is 0 Å². The van der Waals surface area contributed by atoms with Gasteiger partial charge in [-0.3, -0.25) is 14.5 Å². The number of likely N-dealkylation sites (N-methyl/N-ethyl adjacent to an activating group) is 1. The maximum absolute atomic E-state index is 12.4. The number of unbranched alkanes of at least 4 members (excludes halogenated alkanes) is 1. The highest BCUT2D eigenvalue weighted by Gasteiger charge is 2.15. The molecule has 1 aliphatic carbocycles. The number of hydrogen-bond acceptors (Lipinski definition) is 6. The first kappa shape index (κ1) is 24.1. The zero-order valence-electron chi connectivity index (χ0n) is 17.9. The minimum absolute atomic E-state index is 0.0156. The number of allylic oxidation sites excluding steroid dienone is 5. The number of ether oxygens (including phenoxy) is 1. The van der Waals surface area contributed by atoms with Crippen LogP contribution in [0.5, 0.6) is 0 Å². The van der Waals surface area contributed by atoms with Gasteiger partial charge in [0.25, 0.3) is 0 Å². The van der Waals surface area contributed by atoms with Crippen molar-refractivity contribution in [3.63, 3.8) is 0 Å². The minimum atomic E-state index is -0.152. The number of carbonyl (C=O) groups excluding carboxylic acids is 2. The average molecular weight is 439 g/mol. The Kier molecular flexibility index (Phi) is 11.0. The van der Waals surface area contributed by atoms with Crippen LogP contribution < -0.4 is 5.32 Å². The van der Waals surface area contributed by atoms with Gasteiger partial charge in [0.15, 0.2) is 0 Å². The van der Waals surface area contributed by atoms with Crippen LogP contribution in [0.4, 0.5) is 0 Å². The molecule has 0 atom stereocenters. The lowest BCUT2D eigenvalue weighted by molar-refractivity contribution is -0.144. The molecule has 5 nitrogen and oxygen atoms in total. The van der Waals surface area contributed by atoms with E-state index in [4.69, 9.17) is 4.74 Å². The van der Waals surface area contributed by atoms with E-state index < -0.39 is 0 Å². The summed E-state index contributed by atoms with van der Waals surface area (Å²) in [6.45, 7) is 8.07. The molecular weight excluding hydrogens is 404 g/mol. The van der Waals surface area contributed by atoms with E-state index in [-0.39, 0.29) is 11.9 Å². The average Bonchev–Trinajstić information content (AvgIpc) is 3.21. The lowest BCUT2D eigenvalue weighted by Crippen LogP contribution is -2.39. The van der Waals surface area contributed by atoms with Gasteiger partial charge in [0.05, 0.1) is 6.54 Å². The first-order valence-electron chi connectivity index (χ1n) is 10.5. The largest absolute Gasteiger partial charge is 0.464 e. The SMILES string of the molecule is CCN(CCOC(=O)CCC/C=C1/CCSS1)CC(=O)NC1=C(C)CCC=C1C. The van der Waals surface area contributed by atoms with E-state index in [0.29, 0.717) is 26.1 Å². The van der Waals surface area contributed by atoms with Gasteiger partial charge in [0, 0.05) is 24.4 Å². The third kappa shape index (κ3) is 9.01. The molecule has 1 saturated heterocycles. The quantitative estimate of drug-likeness (QED) is 0.283. The molecule has 0 saturated carbocycles. The van der Waals surface area contributed by atoms with Crippen molar-refractivity contribution in [2.75, 3.05) is 32.0 Å². The van der Waals surface area contributed by atoms with Crippen LogP contribution in [0.25, 0.3) is 0 Å². The van der Waals surface area contributed by atoms with Crippen molar-refractivity contribution < 1.29 is 14.3 Å². The van der Waals surface area contributed by atoms with Gasteiger partial charge in [-0.15, -0.1) is 0 Å². The Morgan fingerprint density at radius 2 is 2.14 bits per heavy atom. The van der Waals surface area contributed by atoms with Crippen LogP contribution in [-0.4, -0.2) is 48.8 Å². The van der Waals surface area contributed by atoms with Crippen molar-refractivity contribution in [2.45, 2.75) is 59.3 Å². The van der Waals surface area contributed by atoms with E-state index >= 15 is 0 Å². The van der Waals surface area contributed by atoms with Crippen molar-refractivity contribution in [1.29, 1.82) is 0 Å². The number of nitrogens with one attached hydrogen (secondary N) is 1. The summed E-state index contributed by atoms with van der Waals surface area (Å²) in [7, 11) is 3.75. The zero-order chi connectivity index (χ0) is 21.1. The summed E-state index contributed by atoms with van der Waals surface area (Å²) in [6.07, 6.45) is 9.82. The van der Waals surface area contributed by atoms with E-state index in [2.05, 4.69) is 24.4 Å². The van der Waals surface area contributed by atoms with Crippen LogP contribution in [0.2, 0.25) is 0 Å². The van der Waals surface area contributed by atoms with Gasteiger partial charge in [-0.2, -0.15) is 0 Å². The van der Waals surface area contributed by atoms with E-state index in [1.54, 1.807) is 0 Å². The first-order valence-corrected chi connectivity index (χ1v) is 12.8. The van der Waals surface area contributed by atoms with E-state index in [1.165, 1.54) is 16.2 Å². The van der Waals surface area contributed by atoms with E-state index in [1.807, 2.05) is 40.3 Å². The molecule has 0 aromatic carbocycles. The van der Waals surface area contributed by atoms with E-state index in [0.717, 1.165) is 49.9 Å². The predicted octanol–water partition coefficient (Wildman–Crippen LogP) is 4.82. The van der Waals surface area contributed by atoms with Crippen LogP contribution in [0.1, 0.15) is 59.3 Å². The number of rotatable bonds is 11. The third-order valence-corrected chi connectivity index (χ3v) is 7.66. The van der Waals surface area contributed by atoms with Crippen molar-refractivity contribution in [2.24, 2.45) is 0 Å². The minimum Gasteiger partial charge on any atom is -0.464 e. The van der Waals surface area contributed by atoms with Crippen molar-refractivity contribution >= 4 is 33.5 Å². The second kappa shape index (κ2) is 13.2. The van der Waals surface area contributed by atoms with Gasteiger partial charge in [0.1, 0.15) is 6.61 Å². The summed E-state index contributed by atoms with van der Waals surface area (Å²) >= 11 is 0. The third-order valence-electron chi connectivity index (χ3n) is 5.10. The molecule has 2 rings (SSSR count). The number of carbonyl (C=O) groups is 2. The topological polar surface area (TPSA) is 58.6 Å². The van der Waals surface area contributed by atoms with Gasteiger partial charge in [-0.05, 0) is 68.5 Å². The molecule has 7 heteroatoms. The van der Waals surface area contributed by atoms with Gasteiger partial charge in [-0.1, -0.05) is 40.7 Å². The number of nitrogens with zero attached hydrogens (tertiary/aromatic N) is 1. The molecule has 0 bridgehead atoms. The normalized spacial score (nSPS) is 18.3. The maximum atomic E-state index is 12.4. The molecule has 0 unspecified atom stereocenters. The van der Waals surface area contributed by atoms with Crippen molar-refractivity contribution in [3.8, 4) is 0 Å². The summed E-state index contributed by atoms with van der Waals surface area (Å²) in [4.78, 5) is 27.8. The molecule has 0 spiro atoms. The Morgan fingerprint density at radius 1 is 1.31 bits per heavy atom. The Morgan fingerprint density at radius 3 is 2.83 bits per heavy atom. The second-order valence-electron chi connectivity index (χ2n) is 7.44.